The number of amides is 1. The molecular formula is C35H75N7O9. The fourth-order valence-electron chi connectivity index (χ4n) is 4.56. The normalized spacial score (nSPS) is 12.9. The van der Waals surface area contributed by atoms with Gasteiger partial charge in [0.15, 0.2) is 0 Å². The van der Waals surface area contributed by atoms with Gasteiger partial charge in [-0.05, 0) is 107 Å². The number of hydrogen-bond donors (Lipinski definition) is 8. The molecule has 0 radical (unpaired) electrons. The van der Waals surface area contributed by atoms with Gasteiger partial charge in [-0.1, -0.05) is 0 Å². The molecule has 0 fully saturated rings. The van der Waals surface area contributed by atoms with Gasteiger partial charge in [0.2, 0.25) is 0 Å². The maximum atomic E-state index is 11.8. The quantitative estimate of drug-likeness (QED) is 0.0558. The second kappa shape index (κ2) is 36.5. The van der Waals surface area contributed by atoms with Crippen LogP contribution in [0.3, 0.4) is 0 Å². The minimum absolute atomic E-state index is 0.114. The van der Waals surface area contributed by atoms with E-state index in [4.69, 9.17) is 30.6 Å². The highest BCUT2D eigenvalue weighted by molar-refractivity contribution is 5.94. The number of pyridine rings is 1. The Morgan fingerprint density at radius 3 is 1.31 bits per heavy atom. The van der Waals surface area contributed by atoms with E-state index in [2.05, 4.69) is 24.6 Å². The minimum Gasteiger partial charge on any atom is -0.395 e. The van der Waals surface area contributed by atoms with Crippen LogP contribution in [0.5, 0.6) is 0 Å². The van der Waals surface area contributed by atoms with Crippen LogP contribution in [-0.4, -0.2) is 247 Å². The van der Waals surface area contributed by atoms with E-state index >= 15 is 0 Å². The molecule has 3 unspecified atom stereocenters. The zero-order valence-electron chi connectivity index (χ0n) is 32.9. The predicted molar refractivity (Wildman–Crippen MR) is 203 cm³/mol. The molecule has 51 heavy (non-hydrogen) atoms. The number of aromatic nitrogens is 1. The molecule has 0 bridgehead atoms. The number of aliphatic hydroxyl groups excluding tert-OH is 8. The van der Waals surface area contributed by atoms with Crippen molar-refractivity contribution in [3.05, 3.63) is 30.1 Å². The highest BCUT2D eigenvalue weighted by atomic mass is 16.3. The molecule has 16 heteroatoms. The first kappa shape index (κ1) is 53.5. The molecule has 0 aliphatic rings. The van der Waals surface area contributed by atoms with Crippen LogP contribution in [-0.2, 0) is 0 Å². The summed E-state index contributed by atoms with van der Waals surface area (Å²) in [5.74, 6) is -0.208. The number of hydrogen-bond acceptors (Lipinski definition) is 15. The number of nitrogens with zero attached hydrogens (tertiary/aromatic N) is 7. The van der Waals surface area contributed by atoms with Gasteiger partial charge in [-0.2, -0.15) is 0 Å². The van der Waals surface area contributed by atoms with Crippen molar-refractivity contribution in [1.82, 2.24) is 34.4 Å². The van der Waals surface area contributed by atoms with Crippen molar-refractivity contribution >= 4 is 5.91 Å². The number of aliphatic hydroxyl groups is 8. The van der Waals surface area contributed by atoms with Gasteiger partial charge < -0.3 is 60.5 Å². The van der Waals surface area contributed by atoms with Crippen LogP contribution < -0.4 is 0 Å². The molecule has 1 aromatic rings. The standard InChI is InChI=1S/C11H26N2O2.C10H14N2O3.C9H22N2O2.C5H13NO2/c1-10(14)8-13(9-11(2)15)7-5-6-12(3)4;13-7-5-12(6-8-14)10(15)9-1-3-11-4-2-9;1-10(2)4-3-5-11(6-8-12)7-9-13;1-6(2)3-5(8)4-7/h10-11,14-15H,5-9H2,1-4H3;1-4,13-14H,5-8H2;12-13H,3-9H2,1-2H3;5,7-8H,3-4H2,1-2H3. The summed E-state index contributed by atoms with van der Waals surface area (Å²) in [7, 11) is 11.9. The maximum absolute atomic E-state index is 11.8. The van der Waals surface area contributed by atoms with Crippen LogP contribution >= 0.6 is 0 Å². The predicted octanol–water partition coefficient (Wildman–Crippen LogP) is -2.36. The summed E-state index contributed by atoms with van der Waals surface area (Å²) in [5.41, 5.74) is 0.506. The SMILES string of the molecule is CC(O)CN(CCCN(C)C)CC(C)O.CN(C)CC(O)CO.CN(C)CCCN(CCO)CCO.O=C(c1ccncc1)N(CCO)CCO. The van der Waals surface area contributed by atoms with E-state index in [0.29, 0.717) is 38.3 Å². The van der Waals surface area contributed by atoms with Gasteiger partial charge in [-0.15, -0.1) is 0 Å². The summed E-state index contributed by atoms with van der Waals surface area (Å²) < 4.78 is 0. The zero-order valence-corrected chi connectivity index (χ0v) is 32.9. The molecule has 0 saturated heterocycles. The second-order valence-electron chi connectivity index (χ2n) is 13.1. The van der Waals surface area contributed by atoms with Crippen molar-refractivity contribution < 1.29 is 45.6 Å². The molecule has 1 heterocycles. The first-order chi connectivity index (χ1) is 24.1. The fraction of sp³-hybridized carbons (Fsp3) is 0.829. The van der Waals surface area contributed by atoms with Crippen LogP contribution in [0.4, 0.5) is 0 Å². The van der Waals surface area contributed by atoms with Gasteiger partial charge in [0.25, 0.3) is 5.91 Å². The molecule has 0 spiro atoms. The van der Waals surface area contributed by atoms with E-state index in [0.717, 1.165) is 39.0 Å². The van der Waals surface area contributed by atoms with Gasteiger partial charge in [0.1, 0.15) is 0 Å². The van der Waals surface area contributed by atoms with Crippen molar-refractivity contribution in [1.29, 1.82) is 0 Å². The Balaban J connectivity index is -0.000000616. The summed E-state index contributed by atoms with van der Waals surface area (Å²) in [6.07, 6.45) is 3.95. The molecule has 1 amide bonds. The van der Waals surface area contributed by atoms with Crippen molar-refractivity contribution in [2.75, 3.05) is 147 Å². The Morgan fingerprint density at radius 2 is 1.00 bits per heavy atom. The molecule has 16 nitrogen and oxygen atoms in total. The topological polar surface area (TPSA) is 211 Å². The van der Waals surface area contributed by atoms with Crippen LogP contribution in [0, 0.1) is 0 Å². The second-order valence-corrected chi connectivity index (χ2v) is 13.1. The van der Waals surface area contributed by atoms with Crippen LogP contribution in [0.2, 0.25) is 0 Å². The number of likely N-dealkylation sites (N-methyl/N-ethyl adjacent to an activating group) is 1. The first-order valence-electron chi connectivity index (χ1n) is 17.7. The van der Waals surface area contributed by atoms with Gasteiger partial charge >= 0.3 is 0 Å². The first-order valence-corrected chi connectivity index (χ1v) is 17.7. The van der Waals surface area contributed by atoms with E-state index in [9.17, 15) is 15.0 Å². The Morgan fingerprint density at radius 1 is 0.588 bits per heavy atom. The van der Waals surface area contributed by atoms with E-state index in [1.165, 1.54) is 17.3 Å². The molecular weight excluding hydrogens is 662 g/mol. The molecule has 3 atom stereocenters. The Kier molecular flexibility index (Phi) is 38.2. The summed E-state index contributed by atoms with van der Waals surface area (Å²) in [4.78, 5) is 27.3. The average Bonchev–Trinajstić information content (AvgIpc) is 3.04. The third-order valence-electron chi connectivity index (χ3n) is 6.78. The Labute approximate surface area is 308 Å². The lowest BCUT2D eigenvalue weighted by Crippen LogP contribution is -2.37. The van der Waals surface area contributed by atoms with Crippen LogP contribution in [0.1, 0.15) is 37.0 Å². The summed E-state index contributed by atoms with van der Waals surface area (Å²) >= 11 is 0. The van der Waals surface area contributed by atoms with Gasteiger partial charge in [0.05, 0.1) is 51.3 Å². The van der Waals surface area contributed by atoms with Gasteiger partial charge in [-0.3, -0.25) is 19.6 Å². The van der Waals surface area contributed by atoms with Crippen molar-refractivity contribution in [2.24, 2.45) is 0 Å². The number of carbonyl (C=O) groups is 1. The summed E-state index contributed by atoms with van der Waals surface area (Å²) in [6.45, 7) is 11.0. The van der Waals surface area contributed by atoms with Crippen LogP contribution in [0.15, 0.2) is 24.5 Å². The van der Waals surface area contributed by atoms with E-state index in [1.54, 1.807) is 26.0 Å². The highest BCUT2D eigenvalue weighted by Crippen LogP contribution is 2.03. The number of carbonyl (C=O) groups excluding carboxylic acids is 1. The minimum atomic E-state index is -0.593. The third kappa shape index (κ3) is 37.7. The van der Waals surface area contributed by atoms with Gasteiger partial charge in [0, 0.05) is 63.8 Å². The lowest BCUT2D eigenvalue weighted by atomic mass is 10.2. The maximum Gasteiger partial charge on any atom is 0.254 e. The molecule has 304 valence electrons. The summed E-state index contributed by atoms with van der Waals surface area (Å²) in [6, 6.07) is 3.20. The van der Waals surface area contributed by atoms with Crippen molar-refractivity contribution in [3.8, 4) is 0 Å². The molecule has 0 aliphatic carbocycles. The largest absolute Gasteiger partial charge is 0.395 e. The third-order valence-corrected chi connectivity index (χ3v) is 6.78. The molecule has 1 rings (SSSR count). The van der Waals surface area contributed by atoms with Crippen LogP contribution in [0.25, 0.3) is 0 Å². The smallest absolute Gasteiger partial charge is 0.254 e. The van der Waals surface area contributed by atoms with E-state index < -0.39 is 6.10 Å². The molecule has 0 saturated carbocycles. The molecule has 0 aromatic carbocycles. The van der Waals surface area contributed by atoms with E-state index in [1.807, 2.05) is 47.2 Å². The Bertz CT molecular complexity index is 851. The zero-order chi connectivity index (χ0) is 39.6. The monoisotopic (exact) mass is 738 g/mol. The molecule has 8 N–H and O–H groups in total. The molecule has 1 aromatic heterocycles. The lowest BCUT2D eigenvalue weighted by Gasteiger charge is -2.25. The lowest BCUT2D eigenvalue weighted by molar-refractivity contribution is 0.0684. The highest BCUT2D eigenvalue weighted by Gasteiger charge is 2.14. The van der Waals surface area contributed by atoms with E-state index in [-0.39, 0.29) is 64.2 Å². The fourth-order valence-corrected chi connectivity index (χ4v) is 4.56. The Hall–Kier alpha value is -1.90. The average molecular weight is 738 g/mol. The number of rotatable bonds is 24. The summed E-state index contributed by atoms with van der Waals surface area (Å²) in [5, 5.41) is 70.7. The van der Waals surface area contributed by atoms with Gasteiger partial charge in [-0.25, -0.2) is 0 Å². The van der Waals surface area contributed by atoms with Crippen molar-refractivity contribution in [3.63, 3.8) is 0 Å². The van der Waals surface area contributed by atoms with Crippen molar-refractivity contribution in [2.45, 2.75) is 45.0 Å². The molecule has 0 aliphatic heterocycles.